The van der Waals surface area contributed by atoms with Gasteiger partial charge < -0.3 is 11.1 Å². The molecule has 1 amide bonds. The van der Waals surface area contributed by atoms with Crippen LogP contribution in [0.2, 0.25) is 0 Å². The maximum absolute atomic E-state index is 13.9. The molecule has 6 heteroatoms. The van der Waals surface area contributed by atoms with Crippen LogP contribution in [0.4, 0.5) is 20.2 Å². The highest BCUT2D eigenvalue weighted by molar-refractivity contribution is 9.10. The standard InChI is InChI=1S/C14H11BrF2N2O/c1-7-4-9(18)6-10(13(7)17)14(20)19-12-5-8(15)2-3-11(12)16/h2-6H,18H2,1H3,(H,19,20). The normalized spacial score (nSPS) is 10.4. The molecule has 0 aromatic heterocycles. The molecule has 20 heavy (non-hydrogen) atoms. The number of benzene rings is 2. The summed E-state index contributed by atoms with van der Waals surface area (Å²) in [6.45, 7) is 1.50. The average Bonchev–Trinajstić information content (AvgIpc) is 2.38. The molecule has 3 N–H and O–H groups in total. The van der Waals surface area contributed by atoms with E-state index in [1.165, 1.54) is 37.3 Å². The van der Waals surface area contributed by atoms with Crippen LogP contribution in [0.5, 0.6) is 0 Å². The topological polar surface area (TPSA) is 55.1 Å². The summed E-state index contributed by atoms with van der Waals surface area (Å²) in [7, 11) is 0. The molecule has 3 nitrogen and oxygen atoms in total. The quantitative estimate of drug-likeness (QED) is 0.815. The highest BCUT2D eigenvalue weighted by Gasteiger charge is 2.16. The van der Waals surface area contributed by atoms with Gasteiger partial charge in [0.15, 0.2) is 0 Å². The summed E-state index contributed by atoms with van der Waals surface area (Å²) in [4.78, 5) is 12.0. The molecule has 104 valence electrons. The molecule has 0 saturated carbocycles. The Bertz CT molecular complexity index is 689. The lowest BCUT2D eigenvalue weighted by Crippen LogP contribution is -2.16. The Morgan fingerprint density at radius 3 is 2.65 bits per heavy atom. The van der Waals surface area contributed by atoms with E-state index < -0.39 is 17.5 Å². The molecule has 2 aromatic carbocycles. The summed E-state index contributed by atoms with van der Waals surface area (Å²) in [6.07, 6.45) is 0. The van der Waals surface area contributed by atoms with Crippen LogP contribution in [-0.2, 0) is 0 Å². The van der Waals surface area contributed by atoms with Crippen LogP contribution in [0.15, 0.2) is 34.8 Å². The van der Waals surface area contributed by atoms with Crippen molar-refractivity contribution in [2.24, 2.45) is 0 Å². The maximum atomic E-state index is 13.9. The summed E-state index contributed by atoms with van der Waals surface area (Å²) in [6, 6.07) is 6.72. The average molecular weight is 341 g/mol. The number of rotatable bonds is 2. The van der Waals surface area contributed by atoms with Gasteiger partial charge in [0.05, 0.1) is 11.3 Å². The Labute approximate surface area is 122 Å². The number of anilines is 2. The Morgan fingerprint density at radius 1 is 1.25 bits per heavy atom. The zero-order valence-electron chi connectivity index (χ0n) is 10.5. The molecular weight excluding hydrogens is 330 g/mol. The molecular formula is C14H11BrF2N2O. The zero-order chi connectivity index (χ0) is 14.9. The van der Waals surface area contributed by atoms with E-state index in [-0.39, 0.29) is 22.5 Å². The molecule has 0 aliphatic carbocycles. The second kappa shape index (κ2) is 5.58. The van der Waals surface area contributed by atoms with Gasteiger partial charge in [0.1, 0.15) is 11.6 Å². The van der Waals surface area contributed by atoms with E-state index in [2.05, 4.69) is 21.2 Å². The monoisotopic (exact) mass is 340 g/mol. The first-order valence-electron chi connectivity index (χ1n) is 5.70. The lowest BCUT2D eigenvalue weighted by molar-refractivity contribution is 0.102. The van der Waals surface area contributed by atoms with Crippen molar-refractivity contribution in [1.29, 1.82) is 0 Å². The van der Waals surface area contributed by atoms with Crippen molar-refractivity contribution in [2.75, 3.05) is 11.1 Å². The third-order valence-corrected chi connectivity index (χ3v) is 3.19. The van der Waals surface area contributed by atoms with E-state index in [0.717, 1.165) is 0 Å². The van der Waals surface area contributed by atoms with Crippen molar-refractivity contribution in [3.63, 3.8) is 0 Å². The van der Waals surface area contributed by atoms with Gasteiger partial charge in [-0.2, -0.15) is 0 Å². The number of amides is 1. The highest BCUT2D eigenvalue weighted by atomic mass is 79.9. The molecule has 0 spiro atoms. The molecule has 0 unspecified atom stereocenters. The molecule has 0 radical (unpaired) electrons. The number of halogens is 3. The van der Waals surface area contributed by atoms with Crippen LogP contribution >= 0.6 is 15.9 Å². The number of carbonyl (C=O) groups is 1. The van der Waals surface area contributed by atoms with E-state index in [1.54, 1.807) is 0 Å². The van der Waals surface area contributed by atoms with Crippen LogP contribution in [0.1, 0.15) is 15.9 Å². The van der Waals surface area contributed by atoms with Gasteiger partial charge in [0.2, 0.25) is 0 Å². The summed E-state index contributed by atoms with van der Waals surface area (Å²) in [5.41, 5.74) is 5.85. The fourth-order valence-corrected chi connectivity index (χ4v) is 2.11. The van der Waals surface area contributed by atoms with Gasteiger partial charge in [-0.25, -0.2) is 8.78 Å². The van der Waals surface area contributed by atoms with Crippen molar-refractivity contribution < 1.29 is 13.6 Å². The predicted molar refractivity (Wildman–Crippen MR) is 77.6 cm³/mol. The summed E-state index contributed by atoms with van der Waals surface area (Å²) in [5.74, 6) is -2.04. The highest BCUT2D eigenvalue weighted by Crippen LogP contribution is 2.22. The van der Waals surface area contributed by atoms with Gasteiger partial charge in [-0.15, -0.1) is 0 Å². The lowest BCUT2D eigenvalue weighted by Gasteiger charge is -2.09. The van der Waals surface area contributed by atoms with Gasteiger partial charge in [0.25, 0.3) is 5.91 Å². The van der Waals surface area contributed by atoms with Crippen molar-refractivity contribution >= 4 is 33.2 Å². The number of carbonyl (C=O) groups excluding carboxylic acids is 1. The van der Waals surface area contributed by atoms with Crippen LogP contribution in [0.3, 0.4) is 0 Å². The first-order valence-corrected chi connectivity index (χ1v) is 6.50. The van der Waals surface area contributed by atoms with E-state index >= 15 is 0 Å². The van der Waals surface area contributed by atoms with E-state index in [4.69, 9.17) is 5.73 Å². The summed E-state index contributed by atoms with van der Waals surface area (Å²) in [5, 5.41) is 2.32. The Balaban J connectivity index is 2.35. The zero-order valence-corrected chi connectivity index (χ0v) is 12.1. The van der Waals surface area contributed by atoms with Crippen LogP contribution in [-0.4, -0.2) is 5.91 Å². The van der Waals surface area contributed by atoms with Gasteiger partial charge >= 0.3 is 0 Å². The fraction of sp³-hybridized carbons (Fsp3) is 0.0714. The molecule has 0 heterocycles. The van der Waals surface area contributed by atoms with E-state index in [9.17, 15) is 13.6 Å². The van der Waals surface area contributed by atoms with Crippen LogP contribution in [0, 0.1) is 18.6 Å². The van der Waals surface area contributed by atoms with Crippen molar-refractivity contribution in [2.45, 2.75) is 6.92 Å². The number of nitrogen functional groups attached to an aromatic ring is 1. The Kier molecular flexibility index (Phi) is 4.04. The van der Waals surface area contributed by atoms with Crippen LogP contribution in [0.25, 0.3) is 0 Å². The van der Waals surface area contributed by atoms with Crippen molar-refractivity contribution in [3.05, 3.63) is 57.6 Å². The molecule has 0 fully saturated rings. The second-order valence-corrected chi connectivity index (χ2v) is 5.19. The third kappa shape index (κ3) is 2.96. The minimum absolute atomic E-state index is 0.0381. The van der Waals surface area contributed by atoms with E-state index in [1.807, 2.05) is 0 Å². The molecule has 0 bridgehead atoms. The van der Waals surface area contributed by atoms with Crippen molar-refractivity contribution in [3.8, 4) is 0 Å². The van der Waals surface area contributed by atoms with Gasteiger partial charge in [-0.1, -0.05) is 15.9 Å². The molecule has 0 aliphatic heterocycles. The maximum Gasteiger partial charge on any atom is 0.258 e. The number of nitrogens with two attached hydrogens (primary N) is 1. The fourth-order valence-electron chi connectivity index (χ4n) is 1.75. The largest absolute Gasteiger partial charge is 0.399 e. The van der Waals surface area contributed by atoms with Gasteiger partial charge in [-0.05, 0) is 42.8 Å². The minimum Gasteiger partial charge on any atom is -0.399 e. The third-order valence-electron chi connectivity index (χ3n) is 2.70. The summed E-state index contributed by atoms with van der Waals surface area (Å²) >= 11 is 3.17. The number of aryl methyl sites for hydroxylation is 1. The molecule has 0 aliphatic rings. The van der Waals surface area contributed by atoms with Gasteiger partial charge in [-0.3, -0.25) is 4.79 Å². The first kappa shape index (κ1) is 14.5. The Morgan fingerprint density at radius 2 is 1.95 bits per heavy atom. The predicted octanol–water partition coefficient (Wildman–Crippen LogP) is 3.87. The van der Waals surface area contributed by atoms with Crippen molar-refractivity contribution in [1.82, 2.24) is 0 Å². The SMILES string of the molecule is Cc1cc(N)cc(C(=O)Nc2cc(Br)ccc2F)c1F. The molecule has 2 aromatic rings. The number of hydrogen-bond donors (Lipinski definition) is 2. The first-order chi connectivity index (χ1) is 9.38. The number of hydrogen-bond acceptors (Lipinski definition) is 2. The van der Waals surface area contributed by atoms with E-state index in [0.29, 0.717) is 4.47 Å². The second-order valence-electron chi connectivity index (χ2n) is 4.28. The molecule has 0 atom stereocenters. The summed E-state index contributed by atoms with van der Waals surface area (Å²) < 4.78 is 28.0. The number of nitrogens with one attached hydrogen (secondary N) is 1. The molecule has 2 rings (SSSR count). The minimum atomic E-state index is -0.755. The smallest absolute Gasteiger partial charge is 0.258 e. The van der Waals surface area contributed by atoms with Crippen LogP contribution < -0.4 is 11.1 Å². The van der Waals surface area contributed by atoms with Gasteiger partial charge in [0, 0.05) is 10.2 Å². The Hall–Kier alpha value is -1.95. The molecule has 0 saturated heterocycles. The lowest BCUT2D eigenvalue weighted by atomic mass is 10.1.